The van der Waals surface area contributed by atoms with E-state index in [-0.39, 0.29) is 11.5 Å². The minimum atomic E-state index is -0.120. The van der Waals surface area contributed by atoms with E-state index in [9.17, 15) is 9.59 Å². The molecule has 0 spiro atoms. The number of carbonyl (C=O) groups excluding carboxylic acids is 1. The maximum atomic E-state index is 13.0. The summed E-state index contributed by atoms with van der Waals surface area (Å²) in [5.41, 5.74) is 2.37. The molecule has 120 valence electrons. The first kappa shape index (κ1) is 15.3. The van der Waals surface area contributed by atoms with Gasteiger partial charge in [0.25, 0.3) is 5.91 Å². The molecule has 1 unspecified atom stereocenters. The third-order valence-corrected chi connectivity index (χ3v) is 4.24. The van der Waals surface area contributed by atoms with E-state index >= 15 is 0 Å². The fourth-order valence-electron chi connectivity index (χ4n) is 3.12. The highest BCUT2D eigenvalue weighted by molar-refractivity contribution is 6.07. The molecule has 23 heavy (non-hydrogen) atoms. The van der Waals surface area contributed by atoms with Crippen LogP contribution in [-0.2, 0) is 7.05 Å². The first-order valence-electron chi connectivity index (χ1n) is 7.76. The molecule has 1 amide bonds. The van der Waals surface area contributed by atoms with Crippen molar-refractivity contribution >= 4 is 17.3 Å². The summed E-state index contributed by atoms with van der Waals surface area (Å²) in [5.74, 6) is 0.277. The molecule has 5 heteroatoms. The van der Waals surface area contributed by atoms with E-state index in [1.807, 2.05) is 29.2 Å². The Hall–Kier alpha value is -2.56. The van der Waals surface area contributed by atoms with E-state index in [2.05, 4.69) is 18.9 Å². The zero-order chi connectivity index (χ0) is 16.6. The normalized spacial score (nSPS) is 17.6. The Morgan fingerprint density at radius 3 is 2.43 bits per heavy atom. The fraction of sp³-hybridized carbons (Fsp3) is 0.333. The minimum Gasteiger partial charge on any atom is -0.373 e. The second-order valence-corrected chi connectivity index (χ2v) is 6.26. The van der Waals surface area contributed by atoms with Crippen LogP contribution >= 0.6 is 0 Å². The number of rotatable bonds is 1. The van der Waals surface area contributed by atoms with Crippen molar-refractivity contribution in [2.45, 2.75) is 6.92 Å². The summed E-state index contributed by atoms with van der Waals surface area (Å²) in [6.45, 7) is 3.69. The van der Waals surface area contributed by atoms with Crippen molar-refractivity contribution in [1.82, 2.24) is 4.57 Å². The predicted molar refractivity (Wildman–Crippen MR) is 92.2 cm³/mol. The number of nitrogens with zero attached hydrogens (tertiary/aromatic N) is 3. The average molecular weight is 311 g/mol. The van der Waals surface area contributed by atoms with E-state index in [0.717, 1.165) is 17.9 Å². The Labute approximate surface area is 135 Å². The molecule has 2 aromatic rings. The number of carbonyl (C=O) groups is 1. The lowest BCUT2D eigenvalue weighted by molar-refractivity contribution is 0.0983. The molecule has 1 aromatic carbocycles. The number of amides is 1. The second kappa shape index (κ2) is 5.91. The topological polar surface area (TPSA) is 45.6 Å². The Balaban J connectivity index is 2.06. The monoisotopic (exact) mass is 311 g/mol. The summed E-state index contributed by atoms with van der Waals surface area (Å²) >= 11 is 0. The number of aryl methyl sites for hydroxylation is 1. The van der Waals surface area contributed by atoms with Crippen molar-refractivity contribution in [1.29, 1.82) is 0 Å². The van der Waals surface area contributed by atoms with Crippen molar-refractivity contribution in [3.63, 3.8) is 0 Å². The van der Waals surface area contributed by atoms with Gasteiger partial charge in [-0.2, -0.15) is 0 Å². The fourth-order valence-corrected chi connectivity index (χ4v) is 3.12. The predicted octanol–water partition coefficient (Wildman–Crippen LogP) is 2.12. The molecule has 0 N–H and O–H groups in total. The molecule has 1 aromatic heterocycles. The highest BCUT2D eigenvalue weighted by Gasteiger charge is 2.27. The van der Waals surface area contributed by atoms with Gasteiger partial charge in [-0.3, -0.25) is 9.59 Å². The number of hydrogen-bond donors (Lipinski definition) is 0. The first-order valence-corrected chi connectivity index (χ1v) is 7.76. The highest BCUT2D eigenvalue weighted by Crippen LogP contribution is 2.33. The minimum absolute atomic E-state index is 0.0739. The lowest BCUT2D eigenvalue weighted by atomic mass is 10.1. The van der Waals surface area contributed by atoms with Crippen molar-refractivity contribution in [2.24, 2.45) is 13.0 Å². The Morgan fingerprint density at radius 2 is 1.74 bits per heavy atom. The van der Waals surface area contributed by atoms with Crippen LogP contribution in [0.4, 0.5) is 11.4 Å². The maximum absolute atomic E-state index is 13.0. The van der Waals surface area contributed by atoms with Crippen LogP contribution in [0, 0.1) is 5.92 Å². The van der Waals surface area contributed by atoms with Gasteiger partial charge in [0.2, 0.25) is 5.56 Å². The highest BCUT2D eigenvalue weighted by atomic mass is 16.2. The molecule has 0 saturated heterocycles. The largest absolute Gasteiger partial charge is 0.373 e. The first-order chi connectivity index (χ1) is 11.0. The van der Waals surface area contributed by atoms with Crippen LogP contribution in [0.3, 0.4) is 0 Å². The summed E-state index contributed by atoms with van der Waals surface area (Å²) in [5, 5.41) is 0. The maximum Gasteiger partial charge on any atom is 0.259 e. The van der Waals surface area contributed by atoms with E-state index < -0.39 is 0 Å². The molecule has 0 bridgehead atoms. The van der Waals surface area contributed by atoms with E-state index in [1.165, 1.54) is 10.6 Å². The second-order valence-electron chi connectivity index (χ2n) is 6.26. The summed E-state index contributed by atoms with van der Waals surface area (Å²) in [6, 6.07) is 11.0. The molecule has 3 rings (SSSR count). The van der Waals surface area contributed by atoms with Gasteiger partial charge in [-0.15, -0.1) is 0 Å². The molecule has 1 atom stereocenters. The molecule has 0 saturated carbocycles. The SMILES string of the molecule is CC1CN(C)c2ccccc2N(C(=O)c2ccc(=O)n(C)c2)C1. The Morgan fingerprint density at radius 1 is 1.04 bits per heavy atom. The van der Waals surface area contributed by atoms with Gasteiger partial charge in [-0.1, -0.05) is 19.1 Å². The number of anilines is 2. The Kier molecular flexibility index (Phi) is 3.94. The third kappa shape index (κ3) is 2.86. The number of fused-ring (bicyclic) bond motifs is 1. The van der Waals surface area contributed by atoms with Crippen molar-refractivity contribution < 1.29 is 4.79 Å². The third-order valence-electron chi connectivity index (χ3n) is 4.24. The van der Waals surface area contributed by atoms with Crippen LogP contribution in [0.15, 0.2) is 47.4 Å². The van der Waals surface area contributed by atoms with Gasteiger partial charge in [-0.05, 0) is 24.1 Å². The lowest BCUT2D eigenvalue weighted by Gasteiger charge is -2.24. The van der Waals surface area contributed by atoms with Crippen molar-refractivity contribution in [3.05, 3.63) is 58.5 Å². The van der Waals surface area contributed by atoms with E-state index in [4.69, 9.17) is 0 Å². The van der Waals surface area contributed by atoms with Crippen LogP contribution in [-0.4, -0.2) is 30.6 Å². The molecule has 1 aliphatic heterocycles. The van der Waals surface area contributed by atoms with Gasteiger partial charge in [0.1, 0.15) is 0 Å². The van der Waals surface area contributed by atoms with Crippen LogP contribution in [0.5, 0.6) is 0 Å². The summed E-state index contributed by atoms with van der Waals surface area (Å²) in [6.07, 6.45) is 1.60. The molecule has 0 fully saturated rings. The van der Waals surface area contributed by atoms with Crippen LogP contribution in [0.1, 0.15) is 17.3 Å². The summed E-state index contributed by atoms with van der Waals surface area (Å²) in [7, 11) is 3.71. The van der Waals surface area contributed by atoms with Gasteiger partial charge < -0.3 is 14.4 Å². The standard InChI is InChI=1S/C18H21N3O2/c1-13-10-19(2)15-6-4-5-7-16(15)21(11-13)18(23)14-8-9-17(22)20(3)12-14/h4-9,12-13H,10-11H2,1-3H3. The molecule has 0 radical (unpaired) electrons. The molecular formula is C18H21N3O2. The van der Waals surface area contributed by atoms with E-state index in [0.29, 0.717) is 18.0 Å². The zero-order valence-electron chi connectivity index (χ0n) is 13.7. The molecule has 5 nitrogen and oxygen atoms in total. The average Bonchev–Trinajstić information content (AvgIpc) is 2.66. The van der Waals surface area contributed by atoms with Gasteiger partial charge in [0.15, 0.2) is 0 Å². The van der Waals surface area contributed by atoms with Crippen LogP contribution in [0.25, 0.3) is 0 Å². The molecule has 0 aliphatic carbocycles. The summed E-state index contributed by atoms with van der Waals surface area (Å²) < 4.78 is 1.44. The smallest absolute Gasteiger partial charge is 0.259 e. The molecular weight excluding hydrogens is 290 g/mol. The van der Waals surface area contributed by atoms with Gasteiger partial charge >= 0.3 is 0 Å². The van der Waals surface area contributed by atoms with Crippen LogP contribution in [0.2, 0.25) is 0 Å². The number of para-hydroxylation sites is 2. The van der Waals surface area contributed by atoms with E-state index in [1.54, 1.807) is 19.3 Å². The lowest BCUT2D eigenvalue weighted by Crippen LogP contribution is -2.35. The Bertz CT molecular complexity index is 797. The quantitative estimate of drug-likeness (QED) is 0.810. The van der Waals surface area contributed by atoms with Gasteiger partial charge in [0, 0.05) is 39.4 Å². The number of hydrogen-bond acceptors (Lipinski definition) is 3. The summed E-state index contributed by atoms with van der Waals surface area (Å²) in [4.78, 5) is 28.6. The molecule has 1 aliphatic rings. The van der Waals surface area contributed by atoms with Crippen molar-refractivity contribution in [3.8, 4) is 0 Å². The number of benzene rings is 1. The van der Waals surface area contributed by atoms with Gasteiger partial charge in [0.05, 0.1) is 16.9 Å². The zero-order valence-corrected chi connectivity index (χ0v) is 13.7. The van der Waals surface area contributed by atoms with Crippen molar-refractivity contribution in [2.75, 3.05) is 29.9 Å². The van der Waals surface area contributed by atoms with Gasteiger partial charge in [-0.25, -0.2) is 0 Å². The number of aromatic nitrogens is 1. The van der Waals surface area contributed by atoms with Crippen LogP contribution < -0.4 is 15.4 Å². The molecule has 2 heterocycles. The number of pyridine rings is 1.